The molecule has 3 aromatic rings. The molecule has 122 valence electrons. The zero-order chi connectivity index (χ0) is 17.1. The minimum Gasteiger partial charge on any atom is -0.454 e. The van der Waals surface area contributed by atoms with Gasteiger partial charge in [-0.05, 0) is 45.1 Å². The number of nitrogens with one attached hydrogen (secondary N) is 1. The topological polar surface area (TPSA) is 116 Å². The van der Waals surface area contributed by atoms with E-state index in [0.29, 0.717) is 11.4 Å². The normalized spacial score (nSPS) is 10.5. The lowest BCUT2D eigenvalue weighted by Gasteiger charge is -2.01. The van der Waals surface area contributed by atoms with Gasteiger partial charge in [-0.3, -0.25) is 9.78 Å². The summed E-state index contributed by atoms with van der Waals surface area (Å²) in [7, 11) is 0. The van der Waals surface area contributed by atoms with Gasteiger partial charge in [-0.15, -0.1) is 0 Å². The number of nitrogens with zero attached hydrogens (tertiary/aromatic N) is 4. The van der Waals surface area contributed by atoms with Crippen molar-refractivity contribution in [1.82, 2.24) is 14.8 Å². The van der Waals surface area contributed by atoms with E-state index >= 15 is 0 Å². The largest absolute Gasteiger partial charge is 0.454 e. The SMILES string of the molecule is O=C(Nc1ccncc1)c1ccc(Cn2cc(Br)c([N+](=O)[O-])n2)o1. The van der Waals surface area contributed by atoms with Crippen molar-refractivity contribution in [2.24, 2.45) is 0 Å². The molecule has 0 unspecified atom stereocenters. The Morgan fingerprint density at radius 1 is 1.33 bits per heavy atom. The average Bonchev–Trinajstić information content (AvgIpc) is 3.15. The molecule has 3 rings (SSSR count). The highest BCUT2D eigenvalue weighted by molar-refractivity contribution is 9.10. The maximum absolute atomic E-state index is 12.1. The van der Waals surface area contributed by atoms with Gasteiger partial charge in [-0.1, -0.05) is 0 Å². The van der Waals surface area contributed by atoms with Gasteiger partial charge in [0.15, 0.2) is 5.76 Å². The van der Waals surface area contributed by atoms with Crippen LogP contribution in [0.15, 0.2) is 51.7 Å². The lowest BCUT2D eigenvalue weighted by Crippen LogP contribution is -2.10. The second-order valence-corrected chi connectivity index (χ2v) is 5.57. The van der Waals surface area contributed by atoms with E-state index in [1.165, 1.54) is 16.9 Å². The van der Waals surface area contributed by atoms with E-state index in [1.54, 1.807) is 30.6 Å². The summed E-state index contributed by atoms with van der Waals surface area (Å²) in [6, 6.07) is 6.45. The number of hydrogen-bond donors (Lipinski definition) is 1. The standard InChI is InChI=1S/C14H10BrN5O4/c15-11-8-19(18-13(11)20(22)23)7-10-1-2-12(24-10)14(21)17-9-3-5-16-6-4-9/h1-6,8H,7H2,(H,16,17,21). The molecule has 0 fully saturated rings. The highest BCUT2D eigenvalue weighted by Crippen LogP contribution is 2.23. The molecule has 0 spiro atoms. The molecule has 0 bridgehead atoms. The predicted molar refractivity (Wildman–Crippen MR) is 86.6 cm³/mol. The average molecular weight is 392 g/mol. The Morgan fingerprint density at radius 3 is 2.75 bits per heavy atom. The van der Waals surface area contributed by atoms with Crippen molar-refractivity contribution in [3.05, 3.63) is 69.0 Å². The van der Waals surface area contributed by atoms with Crippen LogP contribution in [0.25, 0.3) is 0 Å². The van der Waals surface area contributed by atoms with E-state index in [0.717, 1.165) is 0 Å². The Labute approximate surface area is 143 Å². The third-order valence-electron chi connectivity index (χ3n) is 3.01. The molecule has 0 aliphatic carbocycles. The maximum atomic E-state index is 12.1. The minimum absolute atomic E-state index is 0.127. The van der Waals surface area contributed by atoms with Crippen molar-refractivity contribution in [3.8, 4) is 0 Å². The zero-order valence-corrected chi connectivity index (χ0v) is 13.6. The van der Waals surface area contributed by atoms with E-state index in [4.69, 9.17) is 4.42 Å². The van der Waals surface area contributed by atoms with Gasteiger partial charge in [-0.25, -0.2) is 0 Å². The van der Waals surface area contributed by atoms with Crippen molar-refractivity contribution in [3.63, 3.8) is 0 Å². The molecule has 9 nitrogen and oxygen atoms in total. The molecule has 0 aliphatic rings. The van der Waals surface area contributed by atoms with Crippen LogP contribution >= 0.6 is 15.9 Å². The number of nitro groups is 1. The number of aromatic nitrogens is 3. The second kappa shape index (κ2) is 6.62. The quantitative estimate of drug-likeness (QED) is 0.527. The number of rotatable bonds is 5. The maximum Gasteiger partial charge on any atom is 0.404 e. The van der Waals surface area contributed by atoms with Crippen molar-refractivity contribution in [2.75, 3.05) is 5.32 Å². The fourth-order valence-electron chi connectivity index (χ4n) is 1.96. The minimum atomic E-state index is -0.587. The van der Waals surface area contributed by atoms with Crippen molar-refractivity contribution in [1.29, 1.82) is 0 Å². The second-order valence-electron chi connectivity index (χ2n) is 4.71. The van der Waals surface area contributed by atoms with Crippen LogP contribution in [0.3, 0.4) is 0 Å². The molecule has 0 aromatic carbocycles. The number of furan rings is 1. The number of amides is 1. The molecule has 1 N–H and O–H groups in total. The summed E-state index contributed by atoms with van der Waals surface area (Å²) in [5.74, 6) is -0.111. The molecule has 0 radical (unpaired) electrons. The van der Waals surface area contributed by atoms with Crippen LogP contribution in [0.1, 0.15) is 16.3 Å². The van der Waals surface area contributed by atoms with Crippen molar-refractivity contribution < 1.29 is 14.1 Å². The zero-order valence-electron chi connectivity index (χ0n) is 12.0. The number of carbonyl (C=O) groups is 1. The third-order valence-corrected chi connectivity index (χ3v) is 3.57. The highest BCUT2D eigenvalue weighted by Gasteiger charge is 2.20. The van der Waals surface area contributed by atoms with Gasteiger partial charge < -0.3 is 19.8 Å². The summed E-state index contributed by atoms with van der Waals surface area (Å²) < 4.78 is 7.08. The molecular formula is C14H10BrN5O4. The van der Waals surface area contributed by atoms with Crippen molar-refractivity contribution in [2.45, 2.75) is 6.54 Å². The van der Waals surface area contributed by atoms with Gasteiger partial charge in [-0.2, -0.15) is 4.68 Å². The number of carbonyl (C=O) groups excluding carboxylic acids is 1. The van der Waals surface area contributed by atoms with E-state index in [9.17, 15) is 14.9 Å². The van der Waals surface area contributed by atoms with E-state index in [2.05, 4.69) is 31.3 Å². The lowest BCUT2D eigenvalue weighted by atomic mass is 10.3. The first kappa shape index (κ1) is 15.9. The monoisotopic (exact) mass is 391 g/mol. The van der Waals surface area contributed by atoms with Crippen LogP contribution < -0.4 is 5.32 Å². The molecule has 0 atom stereocenters. The first-order chi connectivity index (χ1) is 11.5. The van der Waals surface area contributed by atoms with E-state index in [1.807, 2.05) is 0 Å². The van der Waals surface area contributed by atoms with E-state index in [-0.39, 0.29) is 22.6 Å². The summed E-state index contributed by atoms with van der Waals surface area (Å²) in [6.45, 7) is 0.162. The molecule has 0 saturated carbocycles. The van der Waals surface area contributed by atoms with Gasteiger partial charge in [0.05, 0.1) is 11.3 Å². The molecule has 3 aromatic heterocycles. The number of halogens is 1. The van der Waals surface area contributed by atoms with Crippen LogP contribution in [0.5, 0.6) is 0 Å². The fourth-order valence-corrected chi connectivity index (χ4v) is 2.42. The highest BCUT2D eigenvalue weighted by atomic mass is 79.9. The first-order valence-corrected chi connectivity index (χ1v) is 7.49. The molecule has 3 heterocycles. The Hall–Kier alpha value is -3.01. The Kier molecular flexibility index (Phi) is 4.38. The summed E-state index contributed by atoms with van der Waals surface area (Å²) >= 11 is 3.07. The van der Waals surface area contributed by atoms with Crippen LogP contribution in [-0.4, -0.2) is 25.6 Å². The molecule has 0 aliphatic heterocycles. The predicted octanol–water partition coefficient (Wildman–Crippen LogP) is 2.84. The third kappa shape index (κ3) is 3.49. The van der Waals surface area contributed by atoms with Gasteiger partial charge in [0.2, 0.25) is 0 Å². The Balaban J connectivity index is 1.70. The lowest BCUT2D eigenvalue weighted by molar-refractivity contribution is -0.390. The van der Waals surface area contributed by atoms with Gasteiger partial charge in [0, 0.05) is 18.1 Å². The van der Waals surface area contributed by atoms with Crippen LogP contribution in [0.2, 0.25) is 0 Å². The van der Waals surface area contributed by atoms with Crippen LogP contribution in [0.4, 0.5) is 11.5 Å². The van der Waals surface area contributed by atoms with Crippen molar-refractivity contribution >= 4 is 33.3 Å². The smallest absolute Gasteiger partial charge is 0.404 e. The molecule has 10 heteroatoms. The summed E-state index contributed by atoms with van der Waals surface area (Å²) in [4.78, 5) is 26.1. The first-order valence-electron chi connectivity index (χ1n) is 6.70. The summed E-state index contributed by atoms with van der Waals surface area (Å²) in [6.07, 6.45) is 4.59. The number of hydrogen-bond acceptors (Lipinski definition) is 6. The molecule has 1 amide bonds. The van der Waals surface area contributed by atoms with Crippen LogP contribution in [0, 0.1) is 10.1 Å². The van der Waals surface area contributed by atoms with Gasteiger partial charge >= 0.3 is 5.82 Å². The van der Waals surface area contributed by atoms with Crippen LogP contribution in [-0.2, 0) is 6.54 Å². The Morgan fingerprint density at radius 2 is 2.08 bits per heavy atom. The summed E-state index contributed by atoms with van der Waals surface area (Å²) in [5, 5.41) is 17.3. The molecule has 0 saturated heterocycles. The Bertz CT molecular complexity index is 890. The van der Waals surface area contributed by atoms with E-state index < -0.39 is 10.8 Å². The fraction of sp³-hybridized carbons (Fsp3) is 0.0714. The molecular weight excluding hydrogens is 382 g/mol. The van der Waals surface area contributed by atoms with Gasteiger partial charge in [0.25, 0.3) is 5.91 Å². The molecule has 24 heavy (non-hydrogen) atoms. The number of pyridine rings is 1. The number of anilines is 1. The summed E-state index contributed by atoms with van der Waals surface area (Å²) in [5.41, 5.74) is 0.597. The van der Waals surface area contributed by atoms with Gasteiger partial charge in [0.1, 0.15) is 16.8 Å².